The summed E-state index contributed by atoms with van der Waals surface area (Å²) in [6, 6.07) is 4.86. The minimum absolute atomic E-state index is 0.205. The lowest BCUT2D eigenvalue weighted by Gasteiger charge is -2.16. The molecule has 0 heterocycles. The normalized spacial score (nSPS) is 9.80. The number of nitrogens with zero attached hydrogens (tertiary/aromatic N) is 1. The highest BCUT2D eigenvalue weighted by Crippen LogP contribution is 2.19. The molecule has 0 atom stereocenters. The zero-order chi connectivity index (χ0) is 11.6. The lowest BCUT2D eigenvalue weighted by molar-refractivity contribution is -0.131. The van der Waals surface area contributed by atoms with Gasteiger partial charge in [-0.15, -0.1) is 0 Å². The molecule has 4 nitrogen and oxygen atoms in total. The molecule has 0 aliphatic carbocycles. The van der Waals surface area contributed by atoms with Gasteiger partial charge in [-0.1, -0.05) is 12.1 Å². The third kappa shape index (κ3) is 2.34. The van der Waals surface area contributed by atoms with Crippen molar-refractivity contribution in [2.75, 3.05) is 19.0 Å². The van der Waals surface area contributed by atoms with Gasteiger partial charge in [-0.05, 0) is 18.6 Å². The largest absolute Gasteiger partial charge is 0.475 e. The maximum atomic E-state index is 11.2. The molecule has 0 spiro atoms. The summed E-state index contributed by atoms with van der Waals surface area (Å²) in [6.45, 7) is 1.91. The summed E-state index contributed by atoms with van der Waals surface area (Å²) >= 11 is 0. The van der Waals surface area contributed by atoms with E-state index in [1.165, 1.54) is 6.07 Å². The van der Waals surface area contributed by atoms with Crippen LogP contribution in [0.25, 0.3) is 0 Å². The molecule has 4 heteroatoms. The molecular formula is C11H13NO3. The Morgan fingerprint density at radius 2 is 1.87 bits per heavy atom. The molecule has 0 amide bonds. The minimum Gasteiger partial charge on any atom is -0.475 e. The summed E-state index contributed by atoms with van der Waals surface area (Å²) in [5.41, 5.74) is 2.06. The van der Waals surface area contributed by atoms with Gasteiger partial charge in [0.2, 0.25) is 0 Å². The topological polar surface area (TPSA) is 57.6 Å². The number of carboxylic acid groups (broad SMARTS) is 1. The number of carbonyl (C=O) groups excluding carboxylic acids is 1. The molecule has 0 saturated heterocycles. The first kappa shape index (κ1) is 11.2. The van der Waals surface area contributed by atoms with E-state index in [2.05, 4.69) is 0 Å². The monoisotopic (exact) mass is 207 g/mol. The number of ketones is 1. The smallest absolute Gasteiger partial charge is 0.377 e. The molecule has 0 fully saturated rings. The first-order chi connectivity index (χ1) is 6.93. The van der Waals surface area contributed by atoms with Crippen LogP contribution in [0.3, 0.4) is 0 Å². The summed E-state index contributed by atoms with van der Waals surface area (Å²) in [4.78, 5) is 23.6. The average molecular weight is 207 g/mol. The molecule has 0 unspecified atom stereocenters. The van der Waals surface area contributed by atoms with E-state index < -0.39 is 11.8 Å². The van der Waals surface area contributed by atoms with Crippen LogP contribution in [0.1, 0.15) is 15.9 Å². The molecule has 1 aromatic carbocycles. The summed E-state index contributed by atoms with van der Waals surface area (Å²) in [5, 5.41) is 8.57. The van der Waals surface area contributed by atoms with E-state index in [9.17, 15) is 9.59 Å². The zero-order valence-corrected chi connectivity index (χ0v) is 8.94. The quantitative estimate of drug-likeness (QED) is 0.600. The molecular weight excluding hydrogens is 194 g/mol. The van der Waals surface area contributed by atoms with Crippen LogP contribution in [0.4, 0.5) is 5.69 Å². The number of benzene rings is 1. The molecule has 0 saturated carbocycles. The van der Waals surface area contributed by atoms with E-state index in [0.29, 0.717) is 0 Å². The van der Waals surface area contributed by atoms with E-state index in [4.69, 9.17) is 5.11 Å². The van der Waals surface area contributed by atoms with Crippen LogP contribution < -0.4 is 4.90 Å². The molecule has 80 valence electrons. The fourth-order valence-electron chi connectivity index (χ4n) is 1.36. The van der Waals surface area contributed by atoms with Crippen molar-refractivity contribution in [3.8, 4) is 0 Å². The number of hydrogen-bond acceptors (Lipinski definition) is 3. The number of carbonyl (C=O) groups is 2. The van der Waals surface area contributed by atoms with Crippen molar-refractivity contribution >= 4 is 17.4 Å². The molecule has 0 aromatic heterocycles. The average Bonchev–Trinajstić information content (AvgIpc) is 2.16. The first-order valence-corrected chi connectivity index (χ1v) is 4.49. The standard InChI is InChI=1S/C11H13NO3/c1-7-4-5-8(10(13)11(14)15)6-9(7)12(2)3/h4-6H,1-3H3,(H,14,15). The van der Waals surface area contributed by atoms with Crippen molar-refractivity contribution in [3.63, 3.8) is 0 Å². The number of anilines is 1. The molecule has 0 radical (unpaired) electrons. The first-order valence-electron chi connectivity index (χ1n) is 4.49. The van der Waals surface area contributed by atoms with Gasteiger partial charge in [-0.2, -0.15) is 0 Å². The summed E-state index contributed by atoms with van der Waals surface area (Å²) < 4.78 is 0. The van der Waals surface area contributed by atoms with Crippen molar-refractivity contribution in [2.24, 2.45) is 0 Å². The second-order valence-corrected chi connectivity index (χ2v) is 3.53. The van der Waals surface area contributed by atoms with Gasteiger partial charge in [0.15, 0.2) is 0 Å². The Balaban J connectivity index is 3.19. The van der Waals surface area contributed by atoms with E-state index in [1.807, 2.05) is 25.9 Å². The van der Waals surface area contributed by atoms with Crippen LogP contribution in [-0.2, 0) is 4.79 Å². The van der Waals surface area contributed by atoms with Gasteiger partial charge < -0.3 is 10.0 Å². The predicted molar refractivity (Wildman–Crippen MR) is 57.5 cm³/mol. The third-order valence-electron chi connectivity index (χ3n) is 2.15. The Labute approximate surface area is 88.1 Å². The van der Waals surface area contributed by atoms with Gasteiger partial charge in [0.1, 0.15) is 0 Å². The van der Waals surface area contributed by atoms with Gasteiger partial charge >= 0.3 is 5.97 Å². The number of aliphatic carboxylic acids is 1. The van der Waals surface area contributed by atoms with Gasteiger partial charge in [-0.3, -0.25) is 4.79 Å². The van der Waals surface area contributed by atoms with Crippen LogP contribution in [0.15, 0.2) is 18.2 Å². The second kappa shape index (κ2) is 4.13. The highest BCUT2D eigenvalue weighted by molar-refractivity contribution is 6.40. The molecule has 1 rings (SSSR count). The molecule has 1 aromatic rings. The lowest BCUT2D eigenvalue weighted by atomic mass is 10.1. The van der Waals surface area contributed by atoms with Crippen molar-refractivity contribution < 1.29 is 14.7 Å². The lowest BCUT2D eigenvalue weighted by Crippen LogP contribution is -2.15. The Morgan fingerprint density at radius 3 is 2.33 bits per heavy atom. The number of hydrogen-bond donors (Lipinski definition) is 1. The third-order valence-corrected chi connectivity index (χ3v) is 2.15. The number of Topliss-reactive ketones (excluding diaryl/α,β-unsaturated/α-hetero) is 1. The SMILES string of the molecule is Cc1ccc(C(=O)C(=O)O)cc1N(C)C. The summed E-state index contributed by atoms with van der Waals surface area (Å²) in [7, 11) is 3.69. The van der Waals surface area contributed by atoms with Crippen molar-refractivity contribution in [1.29, 1.82) is 0 Å². The van der Waals surface area contributed by atoms with Gasteiger partial charge in [-0.25, -0.2) is 4.79 Å². The summed E-state index contributed by atoms with van der Waals surface area (Å²) in [5.74, 6) is -2.30. The van der Waals surface area contributed by atoms with E-state index in [-0.39, 0.29) is 5.56 Å². The van der Waals surface area contributed by atoms with Crippen LogP contribution in [0, 0.1) is 6.92 Å². The number of carboxylic acids is 1. The van der Waals surface area contributed by atoms with Crippen LogP contribution in [0.5, 0.6) is 0 Å². The minimum atomic E-state index is -1.43. The molecule has 0 aliphatic heterocycles. The van der Waals surface area contributed by atoms with Gasteiger partial charge in [0, 0.05) is 25.3 Å². The fraction of sp³-hybridized carbons (Fsp3) is 0.273. The van der Waals surface area contributed by atoms with Crippen molar-refractivity contribution in [1.82, 2.24) is 0 Å². The Hall–Kier alpha value is -1.84. The van der Waals surface area contributed by atoms with Crippen LogP contribution in [-0.4, -0.2) is 31.0 Å². The van der Waals surface area contributed by atoms with Crippen LogP contribution >= 0.6 is 0 Å². The Kier molecular flexibility index (Phi) is 3.09. The van der Waals surface area contributed by atoms with Gasteiger partial charge in [0.25, 0.3) is 5.78 Å². The van der Waals surface area contributed by atoms with Crippen LogP contribution in [0.2, 0.25) is 0 Å². The Morgan fingerprint density at radius 1 is 1.27 bits per heavy atom. The molecule has 0 aliphatic rings. The second-order valence-electron chi connectivity index (χ2n) is 3.53. The van der Waals surface area contributed by atoms with E-state index >= 15 is 0 Å². The Bertz CT molecular complexity index is 410. The maximum absolute atomic E-state index is 11.2. The molecule has 1 N–H and O–H groups in total. The molecule has 0 bridgehead atoms. The number of rotatable bonds is 3. The highest BCUT2D eigenvalue weighted by Gasteiger charge is 2.15. The van der Waals surface area contributed by atoms with Gasteiger partial charge in [0.05, 0.1) is 0 Å². The zero-order valence-electron chi connectivity index (χ0n) is 8.94. The summed E-state index contributed by atoms with van der Waals surface area (Å²) in [6.07, 6.45) is 0. The predicted octanol–water partition coefficient (Wildman–Crippen LogP) is 1.33. The molecule has 15 heavy (non-hydrogen) atoms. The maximum Gasteiger partial charge on any atom is 0.377 e. The number of aryl methyl sites for hydroxylation is 1. The van der Waals surface area contributed by atoms with Crippen molar-refractivity contribution in [3.05, 3.63) is 29.3 Å². The van der Waals surface area contributed by atoms with Crippen molar-refractivity contribution in [2.45, 2.75) is 6.92 Å². The van der Waals surface area contributed by atoms with E-state index in [0.717, 1.165) is 11.3 Å². The van der Waals surface area contributed by atoms with E-state index in [1.54, 1.807) is 12.1 Å². The highest BCUT2D eigenvalue weighted by atomic mass is 16.4. The fourth-order valence-corrected chi connectivity index (χ4v) is 1.36.